The molecule has 0 aliphatic carbocycles. The van der Waals surface area contributed by atoms with Gasteiger partial charge in [-0.3, -0.25) is 9.59 Å². The molecular formula is C20H22N4O6S. The number of aryl methyl sites for hydroxylation is 3. The number of carbonyl (C=O) groups is 1. The van der Waals surface area contributed by atoms with Gasteiger partial charge in [0.25, 0.3) is 11.5 Å². The van der Waals surface area contributed by atoms with E-state index in [1.807, 2.05) is 0 Å². The molecule has 0 atom stereocenters. The summed E-state index contributed by atoms with van der Waals surface area (Å²) >= 11 is 0. The predicted octanol–water partition coefficient (Wildman–Crippen LogP) is 0.996. The smallest absolute Gasteiger partial charge is 0.265 e. The Hall–Kier alpha value is -3.18. The third kappa shape index (κ3) is 3.49. The van der Waals surface area contributed by atoms with Crippen LogP contribution in [0, 0.1) is 13.8 Å². The third-order valence-corrected chi connectivity index (χ3v) is 7.35. The number of hydrogen-bond acceptors (Lipinski definition) is 7. The van der Waals surface area contributed by atoms with Gasteiger partial charge >= 0.3 is 0 Å². The summed E-state index contributed by atoms with van der Waals surface area (Å²) < 4.78 is 34.0. The van der Waals surface area contributed by atoms with Crippen LogP contribution in [0.4, 0.5) is 0 Å². The summed E-state index contributed by atoms with van der Waals surface area (Å²) in [7, 11) is -2.37. The first-order valence-corrected chi connectivity index (χ1v) is 11.1. The molecule has 1 aromatic carbocycles. The van der Waals surface area contributed by atoms with Gasteiger partial charge in [0.05, 0.1) is 5.56 Å². The number of aromatic hydroxyl groups is 1. The first-order chi connectivity index (χ1) is 14.6. The summed E-state index contributed by atoms with van der Waals surface area (Å²) in [6.45, 7) is 3.73. The summed E-state index contributed by atoms with van der Waals surface area (Å²) in [6, 6.07) is 4.40. The summed E-state index contributed by atoms with van der Waals surface area (Å²) in [6.07, 6.45) is 1.33. The molecule has 164 valence electrons. The van der Waals surface area contributed by atoms with E-state index in [0.29, 0.717) is 5.56 Å². The number of benzene rings is 1. The molecule has 1 fully saturated rings. The molecule has 1 saturated heterocycles. The van der Waals surface area contributed by atoms with Gasteiger partial charge in [-0.25, -0.2) is 13.4 Å². The summed E-state index contributed by atoms with van der Waals surface area (Å²) in [5, 5.41) is 10.1. The molecule has 2 aromatic heterocycles. The first-order valence-electron chi connectivity index (χ1n) is 9.65. The topological polar surface area (TPSA) is 126 Å². The minimum absolute atomic E-state index is 0.0621. The quantitative estimate of drug-likeness (QED) is 0.636. The SMILES string of the molecule is Cc1ccc(O)c(S(=O)(=O)N2CCN(C(=O)c3c(C)oc4ncn(C)c(=O)c34)CC2)c1. The monoisotopic (exact) mass is 446 g/mol. The number of phenols is 1. The Morgan fingerprint density at radius 2 is 1.84 bits per heavy atom. The van der Waals surface area contributed by atoms with E-state index in [9.17, 15) is 23.1 Å². The highest BCUT2D eigenvalue weighted by Crippen LogP contribution is 2.28. The fourth-order valence-corrected chi connectivity index (χ4v) is 5.29. The van der Waals surface area contributed by atoms with Crippen LogP contribution in [0.1, 0.15) is 21.7 Å². The number of amides is 1. The van der Waals surface area contributed by atoms with E-state index in [1.54, 1.807) is 19.9 Å². The lowest BCUT2D eigenvalue weighted by Crippen LogP contribution is -2.50. The number of furan rings is 1. The van der Waals surface area contributed by atoms with Gasteiger partial charge in [0.1, 0.15) is 28.1 Å². The molecule has 11 heteroatoms. The molecule has 1 aliphatic rings. The predicted molar refractivity (Wildman–Crippen MR) is 111 cm³/mol. The number of hydrogen-bond donors (Lipinski definition) is 1. The van der Waals surface area contributed by atoms with Gasteiger partial charge < -0.3 is 19.0 Å². The van der Waals surface area contributed by atoms with Crippen molar-refractivity contribution in [3.05, 3.63) is 51.8 Å². The Bertz CT molecular complexity index is 1350. The standard InChI is InChI=1S/C20H22N4O6S/c1-12-4-5-14(25)15(10-12)31(28,29)24-8-6-23(7-9-24)20(27)16-13(2)30-18-17(16)19(26)22(3)11-21-18/h4-5,10-11,25H,6-9H2,1-3H3. The molecule has 0 unspecified atom stereocenters. The average molecular weight is 446 g/mol. The number of phenolic OH excluding ortho intramolecular Hbond substituents is 1. The number of nitrogens with zero attached hydrogens (tertiary/aromatic N) is 4. The number of piperazine rings is 1. The number of rotatable bonds is 3. The van der Waals surface area contributed by atoms with Gasteiger partial charge in [0, 0.05) is 33.2 Å². The molecule has 3 aromatic rings. The summed E-state index contributed by atoms with van der Waals surface area (Å²) in [4.78, 5) is 31.1. The molecule has 4 rings (SSSR count). The van der Waals surface area contributed by atoms with Gasteiger partial charge in [-0.2, -0.15) is 4.31 Å². The van der Waals surface area contributed by atoms with Gasteiger partial charge in [-0.1, -0.05) is 6.07 Å². The molecular weight excluding hydrogens is 424 g/mol. The zero-order chi connectivity index (χ0) is 22.5. The van der Waals surface area contributed by atoms with Gasteiger partial charge in [-0.15, -0.1) is 0 Å². The molecule has 0 spiro atoms. The van der Waals surface area contributed by atoms with Crippen molar-refractivity contribution in [3.63, 3.8) is 0 Å². The molecule has 1 aliphatic heterocycles. The van der Waals surface area contributed by atoms with Crippen molar-refractivity contribution in [1.82, 2.24) is 18.8 Å². The van der Waals surface area contributed by atoms with E-state index in [1.165, 1.54) is 39.3 Å². The van der Waals surface area contributed by atoms with Crippen molar-refractivity contribution in [2.24, 2.45) is 7.05 Å². The van der Waals surface area contributed by atoms with E-state index < -0.39 is 15.9 Å². The Balaban J connectivity index is 1.59. The second-order valence-corrected chi connectivity index (χ2v) is 9.45. The third-order valence-electron chi connectivity index (χ3n) is 5.42. The maximum atomic E-state index is 13.2. The fourth-order valence-electron chi connectivity index (χ4n) is 3.70. The molecule has 0 radical (unpaired) electrons. The number of sulfonamides is 1. The number of aromatic nitrogens is 2. The van der Waals surface area contributed by atoms with E-state index in [-0.39, 0.29) is 64.8 Å². The lowest BCUT2D eigenvalue weighted by Gasteiger charge is -2.34. The lowest BCUT2D eigenvalue weighted by atomic mass is 10.1. The maximum Gasteiger partial charge on any atom is 0.265 e. The van der Waals surface area contributed by atoms with Crippen LogP contribution in [0.5, 0.6) is 5.75 Å². The minimum Gasteiger partial charge on any atom is -0.507 e. The van der Waals surface area contributed by atoms with Crippen LogP contribution in [0.3, 0.4) is 0 Å². The van der Waals surface area contributed by atoms with E-state index in [4.69, 9.17) is 4.42 Å². The van der Waals surface area contributed by atoms with Crippen molar-refractivity contribution in [2.45, 2.75) is 18.7 Å². The van der Waals surface area contributed by atoms with Crippen molar-refractivity contribution < 1.29 is 22.7 Å². The lowest BCUT2D eigenvalue weighted by molar-refractivity contribution is 0.0697. The normalized spacial score (nSPS) is 15.5. The van der Waals surface area contributed by atoms with E-state index >= 15 is 0 Å². The first kappa shape index (κ1) is 21.1. The zero-order valence-corrected chi connectivity index (χ0v) is 18.1. The number of carbonyl (C=O) groups excluding carboxylic acids is 1. The second-order valence-electron chi connectivity index (χ2n) is 7.54. The zero-order valence-electron chi connectivity index (χ0n) is 17.3. The Morgan fingerprint density at radius 1 is 1.16 bits per heavy atom. The van der Waals surface area contributed by atoms with Gasteiger partial charge in [-0.05, 0) is 31.5 Å². The molecule has 31 heavy (non-hydrogen) atoms. The van der Waals surface area contributed by atoms with Crippen molar-refractivity contribution in [3.8, 4) is 5.75 Å². The minimum atomic E-state index is -3.91. The van der Waals surface area contributed by atoms with Crippen LogP contribution in [-0.2, 0) is 17.1 Å². The number of fused-ring (bicyclic) bond motifs is 1. The van der Waals surface area contributed by atoms with Gasteiger partial charge in [0.15, 0.2) is 0 Å². The Kier molecular flexibility index (Phi) is 5.10. The Morgan fingerprint density at radius 3 is 2.52 bits per heavy atom. The van der Waals surface area contributed by atoms with Crippen molar-refractivity contribution in [2.75, 3.05) is 26.2 Å². The average Bonchev–Trinajstić information content (AvgIpc) is 3.08. The van der Waals surface area contributed by atoms with Crippen LogP contribution in [0.2, 0.25) is 0 Å². The van der Waals surface area contributed by atoms with Gasteiger partial charge in [0.2, 0.25) is 15.7 Å². The van der Waals surface area contributed by atoms with Crippen molar-refractivity contribution in [1.29, 1.82) is 0 Å². The van der Waals surface area contributed by atoms with Crippen LogP contribution in [0.15, 0.2) is 38.6 Å². The maximum absolute atomic E-state index is 13.2. The fraction of sp³-hybridized carbons (Fsp3) is 0.350. The van der Waals surface area contributed by atoms with E-state index in [0.717, 1.165) is 0 Å². The van der Waals surface area contributed by atoms with Crippen LogP contribution in [0.25, 0.3) is 11.1 Å². The molecule has 10 nitrogen and oxygen atoms in total. The second kappa shape index (κ2) is 7.50. The van der Waals surface area contributed by atoms with Crippen LogP contribution in [-0.4, -0.2) is 64.4 Å². The largest absolute Gasteiger partial charge is 0.507 e. The molecule has 1 N–H and O–H groups in total. The summed E-state index contributed by atoms with van der Waals surface area (Å²) in [5.74, 6) is -0.430. The summed E-state index contributed by atoms with van der Waals surface area (Å²) in [5.41, 5.74) is 0.570. The van der Waals surface area contributed by atoms with Crippen LogP contribution < -0.4 is 5.56 Å². The highest BCUT2D eigenvalue weighted by Gasteiger charge is 2.34. The highest BCUT2D eigenvalue weighted by atomic mass is 32.2. The highest BCUT2D eigenvalue weighted by molar-refractivity contribution is 7.89. The van der Waals surface area contributed by atoms with Crippen LogP contribution >= 0.6 is 0 Å². The molecule has 0 bridgehead atoms. The van der Waals surface area contributed by atoms with Crippen molar-refractivity contribution >= 4 is 27.0 Å². The Labute approximate surface area is 178 Å². The van der Waals surface area contributed by atoms with E-state index in [2.05, 4.69) is 4.98 Å². The molecule has 1 amide bonds. The molecule has 3 heterocycles. The molecule has 0 saturated carbocycles.